The van der Waals surface area contributed by atoms with Gasteiger partial charge in [-0.15, -0.1) is 0 Å². The lowest BCUT2D eigenvalue weighted by Crippen LogP contribution is -2.25. The summed E-state index contributed by atoms with van der Waals surface area (Å²) in [5.41, 5.74) is 4.14. The molecule has 0 aromatic heterocycles. The highest BCUT2D eigenvalue weighted by Crippen LogP contribution is 2.36. The van der Waals surface area contributed by atoms with E-state index in [9.17, 15) is 4.79 Å². The van der Waals surface area contributed by atoms with Crippen LogP contribution in [0.3, 0.4) is 0 Å². The number of amides is 1. The molecule has 144 valence electrons. The highest BCUT2D eigenvalue weighted by molar-refractivity contribution is 6.32. The summed E-state index contributed by atoms with van der Waals surface area (Å²) in [5.74, 6) is 0.705. The van der Waals surface area contributed by atoms with Crippen molar-refractivity contribution in [2.24, 2.45) is 0 Å². The second-order valence-electron chi connectivity index (χ2n) is 6.59. The van der Waals surface area contributed by atoms with Gasteiger partial charge in [0.1, 0.15) is 0 Å². The minimum atomic E-state index is -0.201. The van der Waals surface area contributed by atoms with Gasteiger partial charge in [-0.2, -0.15) is 0 Å². The quantitative estimate of drug-likeness (QED) is 0.810. The minimum Gasteiger partial charge on any atom is -0.493 e. The Morgan fingerprint density at radius 1 is 1.30 bits per heavy atom. The van der Waals surface area contributed by atoms with Crippen molar-refractivity contribution in [3.05, 3.63) is 52.0 Å². The lowest BCUT2D eigenvalue weighted by molar-refractivity contribution is 0.0950. The minimum absolute atomic E-state index is 0.201. The first kappa shape index (κ1) is 19.4. The van der Waals surface area contributed by atoms with Gasteiger partial charge in [0, 0.05) is 31.4 Å². The number of halogens is 1. The van der Waals surface area contributed by atoms with E-state index in [0.717, 1.165) is 24.9 Å². The molecule has 2 aromatic carbocycles. The van der Waals surface area contributed by atoms with Crippen LogP contribution in [0.25, 0.3) is 0 Å². The summed E-state index contributed by atoms with van der Waals surface area (Å²) in [6.07, 6.45) is 2.23. The maximum atomic E-state index is 12.6. The molecule has 0 aliphatic carbocycles. The molecule has 1 heterocycles. The number of nitrogens with zero attached hydrogens (tertiary/aromatic N) is 1. The van der Waals surface area contributed by atoms with E-state index in [1.54, 1.807) is 12.1 Å². The molecule has 1 aliphatic heterocycles. The number of fused-ring (bicyclic) bond motifs is 1. The number of methoxy groups -OCH3 is 1. The van der Waals surface area contributed by atoms with Gasteiger partial charge in [0.15, 0.2) is 11.5 Å². The number of hydrogen-bond acceptors (Lipinski definition) is 4. The van der Waals surface area contributed by atoms with Gasteiger partial charge in [0.25, 0.3) is 5.91 Å². The molecule has 0 fully saturated rings. The van der Waals surface area contributed by atoms with Gasteiger partial charge in [-0.25, -0.2) is 0 Å². The van der Waals surface area contributed by atoms with Crippen LogP contribution >= 0.6 is 11.6 Å². The summed E-state index contributed by atoms with van der Waals surface area (Å²) in [7, 11) is 3.64. The first-order valence-corrected chi connectivity index (χ1v) is 9.52. The summed E-state index contributed by atoms with van der Waals surface area (Å²) in [4.78, 5) is 14.8. The molecule has 3 rings (SSSR count). The first-order chi connectivity index (χ1) is 13.0. The third-order valence-electron chi connectivity index (χ3n) is 4.73. The van der Waals surface area contributed by atoms with Crippen molar-refractivity contribution in [2.75, 3.05) is 32.2 Å². The molecule has 27 heavy (non-hydrogen) atoms. The van der Waals surface area contributed by atoms with Gasteiger partial charge in [-0.3, -0.25) is 4.79 Å². The van der Waals surface area contributed by atoms with Crippen LogP contribution in [0, 0.1) is 0 Å². The molecule has 1 N–H and O–H groups in total. The summed E-state index contributed by atoms with van der Waals surface area (Å²) in [6.45, 7) is 3.88. The zero-order valence-electron chi connectivity index (χ0n) is 16.0. The maximum absolute atomic E-state index is 12.6. The predicted octanol–water partition coefficient (Wildman–Crippen LogP) is 4.06. The third kappa shape index (κ3) is 4.30. The maximum Gasteiger partial charge on any atom is 0.251 e. The van der Waals surface area contributed by atoms with Crippen molar-refractivity contribution < 1.29 is 14.3 Å². The van der Waals surface area contributed by atoms with Crippen LogP contribution in [0.15, 0.2) is 30.3 Å². The molecule has 1 amide bonds. The van der Waals surface area contributed by atoms with Crippen LogP contribution < -0.4 is 19.7 Å². The van der Waals surface area contributed by atoms with E-state index >= 15 is 0 Å². The molecule has 0 saturated carbocycles. The zero-order valence-corrected chi connectivity index (χ0v) is 16.7. The Morgan fingerprint density at radius 2 is 2.11 bits per heavy atom. The van der Waals surface area contributed by atoms with Crippen molar-refractivity contribution in [1.29, 1.82) is 0 Å². The van der Waals surface area contributed by atoms with Crippen LogP contribution in [0.4, 0.5) is 5.69 Å². The Labute approximate surface area is 165 Å². The van der Waals surface area contributed by atoms with Gasteiger partial charge in [0.2, 0.25) is 0 Å². The number of ether oxygens (including phenoxy) is 2. The molecule has 0 atom stereocenters. The van der Waals surface area contributed by atoms with Crippen molar-refractivity contribution in [3.8, 4) is 11.5 Å². The molecular formula is C21H25ClN2O3. The molecule has 5 nitrogen and oxygen atoms in total. The molecule has 0 spiro atoms. The fraction of sp³-hybridized carbons (Fsp3) is 0.381. The summed E-state index contributed by atoms with van der Waals surface area (Å²) in [6, 6.07) is 9.62. The molecule has 2 aromatic rings. The topological polar surface area (TPSA) is 50.8 Å². The monoisotopic (exact) mass is 388 g/mol. The molecule has 0 bridgehead atoms. The van der Waals surface area contributed by atoms with E-state index in [4.69, 9.17) is 21.1 Å². The highest BCUT2D eigenvalue weighted by atomic mass is 35.5. The largest absolute Gasteiger partial charge is 0.493 e. The average molecular weight is 389 g/mol. The Hall–Kier alpha value is -2.40. The van der Waals surface area contributed by atoms with Gasteiger partial charge in [0.05, 0.1) is 18.7 Å². The summed E-state index contributed by atoms with van der Waals surface area (Å²) in [5, 5.41) is 3.32. The fourth-order valence-electron chi connectivity index (χ4n) is 3.37. The van der Waals surface area contributed by atoms with Crippen molar-refractivity contribution in [3.63, 3.8) is 0 Å². The van der Waals surface area contributed by atoms with Gasteiger partial charge >= 0.3 is 0 Å². The third-order valence-corrected chi connectivity index (χ3v) is 5.01. The van der Waals surface area contributed by atoms with E-state index in [-0.39, 0.29) is 5.91 Å². The molecule has 0 saturated heterocycles. The van der Waals surface area contributed by atoms with Crippen LogP contribution in [0.5, 0.6) is 11.5 Å². The second-order valence-corrected chi connectivity index (χ2v) is 7.00. The normalized spacial score (nSPS) is 13.1. The Kier molecular flexibility index (Phi) is 6.11. The number of aryl methyl sites for hydroxylation is 1. The molecular weight excluding hydrogens is 364 g/mol. The molecule has 0 unspecified atom stereocenters. The molecule has 0 radical (unpaired) electrons. The Bertz CT molecular complexity index is 838. The fourth-order valence-corrected chi connectivity index (χ4v) is 3.63. The van der Waals surface area contributed by atoms with Crippen LogP contribution in [0.1, 0.15) is 34.8 Å². The van der Waals surface area contributed by atoms with Crippen molar-refractivity contribution in [1.82, 2.24) is 5.32 Å². The van der Waals surface area contributed by atoms with E-state index in [0.29, 0.717) is 35.2 Å². The highest BCUT2D eigenvalue weighted by Gasteiger charge is 2.17. The number of benzene rings is 2. The smallest absolute Gasteiger partial charge is 0.251 e. The van der Waals surface area contributed by atoms with E-state index in [2.05, 4.69) is 35.5 Å². The zero-order chi connectivity index (χ0) is 19.4. The Balaban J connectivity index is 1.72. The standard InChI is InChI=1S/C21H25ClN2O3/c1-4-27-20-17(22)11-16(12-19(20)26-3)21(25)23-13-14-7-8-18-15(10-14)6-5-9-24(18)2/h7-8,10-12H,4-6,9,13H2,1-3H3,(H,23,25). The first-order valence-electron chi connectivity index (χ1n) is 9.15. The molecule has 6 heteroatoms. The lowest BCUT2D eigenvalue weighted by Gasteiger charge is -2.27. The number of carbonyl (C=O) groups is 1. The average Bonchev–Trinajstić information content (AvgIpc) is 2.67. The number of anilines is 1. The van der Waals surface area contributed by atoms with E-state index in [1.165, 1.54) is 18.4 Å². The second kappa shape index (κ2) is 8.53. The molecule has 1 aliphatic rings. The predicted molar refractivity (Wildman–Crippen MR) is 108 cm³/mol. The Morgan fingerprint density at radius 3 is 2.85 bits per heavy atom. The SMILES string of the molecule is CCOc1c(Cl)cc(C(=O)NCc2ccc3c(c2)CCCN3C)cc1OC. The number of nitrogens with one attached hydrogen (secondary N) is 1. The van der Waals surface area contributed by atoms with Gasteiger partial charge < -0.3 is 19.7 Å². The van der Waals surface area contributed by atoms with Crippen LogP contribution in [0.2, 0.25) is 5.02 Å². The number of rotatable bonds is 6. The van der Waals surface area contributed by atoms with Crippen molar-refractivity contribution in [2.45, 2.75) is 26.3 Å². The van der Waals surface area contributed by atoms with Gasteiger partial charge in [-0.1, -0.05) is 23.7 Å². The summed E-state index contributed by atoms with van der Waals surface area (Å²) >= 11 is 6.26. The number of hydrogen-bond donors (Lipinski definition) is 1. The van der Waals surface area contributed by atoms with E-state index in [1.807, 2.05) is 6.92 Å². The van der Waals surface area contributed by atoms with E-state index < -0.39 is 0 Å². The summed E-state index contributed by atoms with van der Waals surface area (Å²) < 4.78 is 10.8. The van der Waals surface area contributed by atoms with Crippen LogP contribution in [-0.4, -0.2) is 33.2 Å². The van der Waals surface area contributed by atoms with Crippen molar-refractivity contribution >= 4 is 23.2 Å². The van der Waals surface area contributed by atoms with Gasteiger partial charge in [-0.05, 0) is 49.1 Å². The van der Waals surface area contributed by atoms with Crippen LogP contribution in [-0.2, 0) is 13.0 Å². The lowest BCUT2D eigenvalue weighted by atomic mass is 9.99. The number of carbonyl (C=O) groups excluding carboxylic acids is 1.